The Hall–Kier alpha value is -12.2. The number of hydrogen-bond acceptors (Lipinski definition) is 20. The summed E-state index contributed by atoms with van der Waals surface area (Å²) < 4.78 is 132. The second kappa shape index (κ2) is 34.3. The zero-order chi connectivity index (χ0) is 86.1. The topological polar surface area (TPSA) is 216 Å². The number of rotatable bonds is 12. The van der Waals surface area contributed by atoms with Crippen LogP contribution in [0.3, 0.4) is 0 Å². The van der Waals surface area contributed by atoms with Crippen LogP contribution < -0.4 is 56.0 Å². The van der Waals surface area contributed by atoms with Gasteiger partial charge in [0, 0.05) is 43.1 Å². The molecule has 12 aromatic carbocycles. The van der Waals surface area contributed by atoms with Crippen LogP contribution in [0.15, 0.2) is 179 Å². The first-order valence-electron chi connectivity index (χ1n) is 40.9. The highest BCUT2D eigenvalue weighted by Gasteiger charge is 2.33. The van der Waals surface area contributed by atoms with E-state index in [0.29, 0.717) is 140 Å². The quantitative estimate of drug-likeness (QED) is 0.111. The fourth-order valence-corrected chi connectivity index (χ4v) is 21.7. The van der Waals surface area contributed by atoms with Crippen LogP contribution in [0, 0.1) is 111 Å². The second-order valence-electron chi connectivity index (χ2n) is 31.9. The smallest absolute Gasteiger partial charge is 0.453 e. The molecular weight excluding hydrogens is 1630 g/mol. The summed E-state index contributed by atoms with van der Waals surface area (Å²) in [6, 6.07) is 48.5. The molecule has 0 bridgehead atoms. The van der Waals surface area contributed by atoms with Crippen LogP contribution in [-0.2, 0) is 0 Å². The van der Waals surface area contributed by atoms with Crippen molar-refractivity contribution >= 4 is 121 Å². The fourth-order valence-electron chi connectivity index (χ4n) is 16.6. The van der Waals surface area contributed by atoms with Crippen molar-refractivity contribution in [2.75, 3.05) is 54.9 Å². The highest BCUT2D eigenvalue weighted by Crippen LogP contribution is 2.58. The standard InChI is InChI=1S/C51H52O8P2.C48H46O12P2/c1-28-20-34(7)46-38(24-28)39-25-29(2)21-35(8)47(39)55-60(54-46)58-50-32(5)14-16-42-44(50)45-43(53-19-13-11-12-18-52-42)17-15-33(6)51(45)59-61-56-48-36(9)22-30(3)26-40(48)41-27-31(4)23-37(10)49(41)57-61;1-25-11-13-39-41(47(25)59-61-55-43-27(3)17-31(49-7)21-35(43)36-22-32(50-8)18-28(4)44(36)56-61)42-40(54-16-15-53-39)14-12-26(2)48(42)60-62-57-45-29(5)19-33(51-9)23-37(45)38-24-34(52-10)20-30(6)46(38)58-62/h14-17,20-27H,11-13,18-19H2,1-10H3;11-14,17-24H,15-16H2,1-10H3. The lowest BCUT2D eigenvalue weighted by atomic mass is 9.96. The molecular formula is C99H98O20P4. The first-order valence-corrected chi connectivity index (χ1v) is 45.3. The summed E-state index contributed by atoms with van der Waals surface area (Å²) in [4.78, 5) is 0. The maximum Gasteiger partial charge on any atom is 0.453 e. The number of benzene rings is 12. The van der Waals surface area contributed by atoms with Gasteiger partial charge < -0.3 is 89.6 Å². The summed E-state index contributed by atoms with van der Waals surface area (Å²) in [6.07, 6.45) is 2.71. The lowest BCUT2D eigenvalue weighted by molar-refractivity contribution is 0.213. The molecule has 0 saturated heterocycles. The van der Waals surface area contributed by atoms with Gasteiger partial charge in [0.15, 0.2) is 23.0 Å². The highest BCUT2D eigenvalue weighted by atomic mass is 31.1. The van der Waals surface area contributed by atoms with Crippen molar-refractivity contribution in [2.45, 2.75) is 130 Å². The van der Waals surface area contributed by atoms with Gasteiger partial charge in [0.25, 0.3) is 0 Å². The Morgan fingerprint density at radius 1 is 0.211 bits per heavy atom. The number of fused-ring (bicyclic) bond motifs is 18. The normalized spacial score (nSPS) is 12.6. The number of ether oxygens (including phenoxy) is 8. The Labute approximate surface area is 716 Å². The minimum Gasteiger partial charge on any atom is -0.497 e. The average Bonchev–Trinajstić information content (AvgIpc) is 1.75. The van der Waals surface area contributed by atoms with Gasteiger partial charge in [-0.2, -0.15) is 0 Å². The van der Waals surface area contributed by atoms with Gasteiger partial charge >= 0.3 is 33.0 Å². The Bertz CT molecular complexity index is 6450. The molecule has 0 aliphatic carbocycles. The largest absolute Gasteiger partial charge is 0.497 e. The van der Waals surface area contributed by atoms with Gasteiger partial charge in [0.05, 0.1) is 63.9 Å². The molecule has 0 spiro atoms. The average molecular weight is 1730 g/mol. The highest BCUT2D eigenvalue weighted by molar-refractivity contribution is 7.33. The van der Waals surface area contributed by atoms with E-state index >= 15 is 0 Å². The third-order valence-corrected chi connectivity index (χ3v) is 26.4. The van der Waals surface area contributed by atoms with E-state index in [-0.39, 0.29) is 0 Å². The molecule has 0 radical (unpaired) electrons. The van der Waals surface area contributed by atoms with E-state index < -0.39 is 33.0 Å². The molecule has 18 rings (SSSR count). The van der Waals surface area contributed by atoms with Crippen LogP contribution >= 0.6 is 33.0 Å². The van der Waals surface area contributed by atoms with Crippen molar-refractivity contribution in [3.63, 3.8) is 0 Å². The predicted molar refractivity (Wildman–Crippen MR) is 491 cm³/mol. The molecule has 16 aromatic rings. The van der Waals surface area contributed by atoms with Crippen molar-refractivity contribution in [1.82, 2.24) is 0 Å². The first kappa shape index (κ1) is 83.1. The summed E-state index contributed by atoms with van der Waals surface area (Å²) in [5.74, 6) is 7.15. The summed E-state index contributed by atoms with van der Waals surface area (Å²) in [5, 5.41) is 7.08. The lowest BCUT2D eigenvalue weighted by Gasteiger charge is -2.24. The van der Waals surface area contributed by atoms with E-state index in [0.717, 1.165) is 174 Å². The van der Waals surface area contributed by atoms with Crippen LogP contribution in [0.4, 0.5) is 0 Å². The summed E-state index contributed by atoms with van der Waals surface area (Å²) in [7, 11) is -1.80. The minimum absolute atomic E-state index is 0.293. The van der Waals surface area contributed by atoms with Gasteiger partial charge in [-0.05, 0) is 316 Å². The molecule has 0 fully saturated rings. The SMILES string of the molecule is COc1cc(C)c2op(Oc3c(C)ccc4c3-c3c(ccc(C)c3Op3oc5c(C)cc(OC)cc5c5cc(OC)cc(C)c5o3)OCCO4)oc3c(C)cc(OC)cc3c2c1.Cc1cc(C)c2op(Oc3c(C)ccc4c3-c3c(ccc(C)c3Op3oc5c(C)cc(C)cc5c5cc(C)cc(C)c5o3)OCCCCCO4)oc3c(C)cc(C)cc3c2c1. The molecule has 0 unspecified atom stereocenters. The second-order valence-corrected chi connectivity index (χ2v) is 35.9. The van der Waals surface area contributed by atoms with Crippen LogP contribution in [0.2, 0.25) is 0 Å². The maximum atomic E-state index is 7.13. The van der Waals surface area contributed by atoms with Crippen molar-refractivity contribution in [1.29, 1.82) is 0 Å². The van der Waals surface area contributed by atoms with Gasteiger partial charge in [-0.3, -0.25) is 0 Å². The maximum absolute atomic E-state index is 7.13. The van der Waals surface area contributed by atoms with Gasteiger partial charge in [0.2, 0.25) is 0 Å². The van der Waals surface area contributed by atoms with Gasteiger partial charge in [-0.25, -0.2) is 0 Å². The molecule has 2 aliphatic heterocycles. The number of hydrogen-bond donors (Lipinski definition) is 0. The predicted octanol–water partition coefficient (Wildman–Crippen LogP) is 30.2. The summed E-state index contributed by atoms with van der Waals surface area (Å²) >= 11 is 0. The third-order valence-electron chi connectivity index (χ3n) is 22.4. The van der Waals surface area contributed by atoms with Crippen molar-refractivity contribution in [2.24, 2.45) is 0 Å². The van der Waals surface area contributed by atoms with E-state index in [2.05, 4.69) is 104 Å². The van der Waals surface area contributed by atoms with E-state index in [4.69, 9.17) is 89.6 Å². The van der Waals surface area contributed by atoms with Gasteiger partial charge in [-0.15, -0.1) is 0 Å². The molecule has 4 aromatic heterocycles. The molecule has 0 amide bonds. The van der Waals surface area contributed by atoms with Crippen molar-refractivity contribution in [3.05, 3.63) is 235 Å². The van der Waals surface area contributed by atoms with E-state index in [1.54, 1.807) is 28.4 Å². The van der Waals surface area contributed by atoms with E-state index in [1.807, 2.05) is 152 Å². The Kier molecular flexibility index (Phi) is 23.2. The molecule has 0 saturated carbocycles. The lowest BCUT2D eigenvalue weighted by Crippen LogP contribution is -2.13. The third kappa shape index (κ3) is 16.2. The Morgan fingerprint density at radius 2 is 0.407 bits per heavy atom. The van der Waals surface area contributed by atoms with E-state index in [1.165, 1.54) is 0 Å². The number of aryl methyl sites for hydroxylation is 16. The van der Waals surface area contributed by atoms with Crippen LogP contribution in [0.5, 0.6) is 69.0 Å². The molecule has 24 heteroatoms. The molecule has 634 valence electrons. The number of methoxy groups -OCH3 is 4. The molecule has 2 aliphatic rings. The van der Waals surface area contributed by atoms with Crippen LogP contribution in [0.25, 0.3) is 110 Å². The molecule has 6 heterocycles. The minimum atomic E-state index is -2.14. The van der Waals surface area contributed by atoms with Gasteiger partial charge in [-0.1, -0.05) is 48.5 Å². The molecule has 20 nitrogen and oxygen atoms in total. The van der Waals surface area contributed by atoms with Crippen molar-refractivity contribution < 1.29 is 89.6 Å². The summed E-state index contributed by atoms with van der Waals surface area (Å²) in [6.45, 7) is 34.2. The monoisotopic (exact) mass is 1730 g/mol. The first-order chi connectivity index (χ1) is 59.3. The van der Waals surface area contributed by atoms with Crippen LogP contribution in [0.1, 0.15) is 108 Å². The van der Waals surface area contributed by atoms with Gasteiger partial charge in [0.1, 0.15) is 104 Å². The fraction of sp³-hybridized carbons (Fsp3) is 0.273. The van der Waals surface area contributed by atoms with E-state index in [9.17, 15) is 0 Å². The zero-order valence-corrected chi connectivity index (χ0v) is 76.3. The Balaban J connectivity index is 0.000000175. The Morgan fingerprint density at radius 3 is 0.618 bits per heavy atom. The van der Waals surface area contributed by atoms with Crippen molar-refractivity contribution in [3.8, 4) is 91.2 Å². The molecule has 123 heavy (non-hydrogen) atoms. The zero-order valence-electron chi connectivity index (χ0n) is 72.8. The summed E-state index contributed by atoms with van der Waals surface area (Å²) in [5.41, 5.74) is 23.2. The molecule has 0 atom stereocenters. The molecule has 0 N–H and O–H groups in total. The van der Waals surface area contributed by atoms with Crippen LogP contribution in [-0.4, -0.2) is 54.9 Å².